The zero-order valence-electron chi connectivity index (χ0n) is 15.4. The van der Waals surface area contributed by atoms with E-state index in [1.54, 1.807) is 18.2 Å². The Balaban J connectivity index is 2.46. The molecule has 0 saturated carbocycles. The number of carbonyl (C=O) groups excluding carboxylic acids is 2. The SMILES string of the molecule is CC(=O)Oc1cc(C)c(Oc2c(C)cc(C)cc2OC(C)=O)c(C)c1. The molecule has 2 aromatic rings. The number of ether oxygens (including phenoxy) is 3. The lowest BCUT2D eigenvalue weighted by molar-refractivity contribution is -0.132. The van der Waals surface area contributed by atoms with Gasteiger partial charge in [-0.1, -0.05) is 6.07 Å². The first kappa shape index (κ1) is 18.5. The third-order valence-corrected chi connectivity index (χ3v) is 3.54. The molecular formula is C20H22O5. The molecule has 2 aromatic carbocycles. The van der Waals surface area contributed by atoms with Crippen LogP contribution in [0.2, 0.25) is 0 Å². The molecule has 0 aliphatic carbocycles. The van der Waals surface area contributed by atoms with E-state index >= 15 is 0 Å². The number of rotatable bonds is 4. The highest BCUT2D eigenvalue weighted by Crippen LogP contribution is 2.39. The van der Waals surface area contributed by atoms with E-state index in [1.807, 2.05) is 33.8 Å². The van der Waals surface area contributed by atoms with Crippen molar-refractivity contribution < 1.29 is 23.8 Å². The van der Waals surface area contributed by atoms with Crippen LogP contribution in [-0.2, 0) is 9.59 Å². The molecule has 0 saturated heterocycles. The fourth-order valence-corrected chi connectivity index (χ4v) is 2.68. The highest BCUT2D eigenvalue weighted by atomic mass is 16.6. The minimum absolute atomic E-state index is 0.376. The molecule has 0 spiro atoms. The monoisotopic (exact) mass is 342 g/mol. The van der Waals surface area contributed by atoms with Gasteiger partial charge in [-0.2, -0.15) is 0 Å². The second-order valence-electron chi connectivity index (χ2n) is 6.08. The van der Waals surface area contributed by atoms with Crippen LogP contribution in [0.3, 0.4) is 0 Å². The van der Waals surface area contributed by atoms with E-state index in [0.717, 1.165) is 22.3 Å². The summed E-state index contributed by atoms with van der Waals surface area (Å²) in [5.74, 6) is 1.19. The summed E-state index contributed by atoms with van der Waals surface area (Å²) in [5, 5.41) is 0. The lowest BCUT2D eigenvalue weighted by atomic mass is 10.1. The Morgan fingerprint density at radius 1 is 0.720 bits per heavy atom. The van der Waals surface area contributed by atoms with Crippen LogP contribution >= 0.6 is 0 Å². The fraction of sp³-hybridized carbons (Fsp3) is 0.300. The van der Waals surface area contributed by atoms with Crippen molar-refractivity contribution >= 4 is 11.9 Å². The summed E-state index contributed by atoms with van der Waals surface area (Å²) in [7, 11) is 0. The van der Waals surface area contributed by atoms with Crippen LogP contribution in [0.25, 0.3) is 0 Å². The van der Waals surface area contributed by atoms with E-state index in [2.05, 4.69) is 0 Å². The number of benzene rings is 2. The van der Waals surface area contributed by atoms with Crippen LogP contribution in [0.4, 0.5) is 0 Å². The first-order valence-electron chi connectivity index (χ1n) is 7.94. The minimum atomic E-state index is -0.409. The van der Waals surface area contributed by atoms with Crippen molar-refractivity contribution in [3.05, 3.63) is 46.5 Å². The largest absolute Gasteiger partial charge is 0.453 e. The van der Waals surface area contributed by atoms with E-state index < -0.39 is 5.97 Å². The Morgan fingerprint density at radius 3 is 1.76 bits per heavy atom. The summed E-state index contributed by atoms with van der Waals surface area (Å²) in [5.41, 5.74) is 3.45. The second kappa shape index (κ2) is 7.38. The van der Waals surface area contributed by atoms with Crippen molar-refractivity contribution in [2.45, 2.75) is 41.5 Å². The Kier molecular flexibility index (Phi) is 5.47. The van der Waals surface area contributed by atoms with Gasteiger partial charge in [0.05, 0.1) is 0 Å². The Labute approximate surface area is 147 Å². The van der Waals surface area contributed by atoms with Crippen molar-refractivity contribution in [2.75, 3.05) is 0 Å². The predicted molar refractivity (Wildman–Crippen MR) is 94.5 cm³/mol. The van der Waals surface area contributed by atoms with E-state index in [0.29, 0.717) is 23.0 Å². The topological polar surface area (TPSA) is 61.8 Å². The van der Waals surface area contributed by atoms with Crippen LogP contribution in [0, 0.1) is 27.7 Å². The van der Waals surface area contributed by atoms with Gasteiger partial charge in [0.1, 0.15) is 11.5 Å². The van der Waals surface area contributed by atoms with Crippen molar-refractivity contribution in [2.24, 2.45) is 0 Å². The van der Waals surface area contributed by atoms with Gasteiger partial charge in [0.15, 0.2) is 11.5 Å². The molecule has 5 nitrogen and oxygen atoms in total. The number of hydrogen-bond acceptors (Lipinski definition) is 5. The smallest absolute Gasteiger partial charge is 0.308 e. The average Bonchev–Trinajstić information content (AvgIpc) is 2.43. The molecule has 2 rings (SSSR count). The Hall–Kier alpha value is -2.82. The lowest BCUT2D eigenvalue weighted by Gasteiger charge is -2.18. The molecular weight excluding hydrogens is 320 g/mol. The van der Waals surface area contributed by atoms with Crippen molar-refractivity contribution in [1.29, 1.82) is 0 Å². The lowest BCUT2D eigenvalue weighted by Crippen LogP contribution is -2.05. The van der Waals surface area contributed by atoms with Crippen molar-refractivity contribution in [3.63, 3.8) is 0 Å². The molecule has 0 bridgehead atoms. The number of aryl methyl sites for hydroxylation is 4. The van der Waals surface area contributed by atoms with Crippen LogP contribution in [0.5, 0.6) is 23.0 Å². The molecule has 0 aliphatic rings. The van der Waals surface area contributed by atoms with Gasteiger partial charge in [0.2, 0.25) is 0 Å². The molecule has 0 fully saturated rings. The molecule has 5 heteroatoms. The number of carbonyl (C=O) groups is 2. The van der Waals surface area contributed by atoms with Crippen LogP contribution < -0.4 is 14.2 Å². The first-order chi connectivity index (χ1) is 11.7. The number of hydrogen-bond donors (Lipinski definition) is 0. The van der Waals surface area contributed by atoms with Crippen molar-refractivity contribution in [3.8, 4) is 23.0 Å². The van der Waals surface area contributed by atoms with Gasteiger partial charge in [-0.15, -0.1) is 0 Å². The molecule has 0 amide bonds. The molecule has 25 heavy (non-hydrogen) atoms. The maximum atomic E-state index is 11.4. The molecule has 0 unspecified atom stereocenters. The fourth-order valence-electron chi connectivity index (χ4n) is 2.68. The van der Waals surface area contributed by atoms with E-state index in [-0.39, 0.29) is 5.97 Å². The molecule has 0 radical (unpaired) electrons. The van der Waals surface area contributed by atoms with E-state index in [1.165, 1.54) is 13.8 Å². The van der Waals surface area contributed by atoms with E-state index in [9.17, 15) is 9.59 Å². The summed E-state index contributed by atoms with van der Waals surface area (Å²) in [4.78, 5) is 22.5. The summed E-state index contributed by atoms with van der Waals surface area (Å²) >= 11 is 0. The minimum Gasteiger partial charge on any atom is -0.453 e. The first-order valence-corrected chi connectivity index (χ1v) is 7.94. The van der Waals surface area contributed by atoms with Gasteiger partial charge >= 0.3 is 11.9 Å². The summed E-state index contributed by atoms with van der Waals surface area (Å²) in [6, 6.07) is 7.19. The highest BCUT2D eigenvalue weighted by Gasteiger charge is 2.16. The normalized spacial score (nSPS) is 10.3. The molecule has 0 N–H and O–H groups in total. The molecule has 0 heterocycles. The third-order valence-electron chi connectivity index (χ3n) is 3.54. The van der Waals surface area contributed by atoms with Crippen molar-refractivity contribution in [1.82, 2.24) is 0 Å². The van der Waals surface area contributed by atoms with Gasteiger partial charge < -0.3 is 14.2 Å². The third kappa shape index (κ3) is 4.59. The molecule has 0 atom stereocenters. The zero-order valence-corrected chi connectivity index (χ0v) is 15.4. The Morgan fingerprint density at radius 2 is 1.24 bits per heavy atom. The standard InChI is InChI=1S/C20H22O5/c1-11-7-12(2)20(18(8-11)24-16(6)22)25-19-13(3)9-17(10-14(19)4)23-15(5)21/h7-10H,1-6H3. The zero-order chi connectivity index (χ0) is 18.7. The van der Waals surface area contributed by atoms with Crippen LogP contribution in [-0.4, -0.2) is 11.9 Å². The summed E-state index contributed by atoms with van der Waals surface area (Å²) in [6.07, 6.45) is 0. The van der Waals surface area contributed by atoms with Crippen LogP contribution in [0.15, 0.2) is 24.3 Å². The molecule has 0 aromatic heterocycles. The summed E-state index contributed by atoms with van der Waals surface area (Å²) < 4.78 is 16.5. The average molecular weight is 342 g/mol. The maximum absolute atomic E-state index is 11.4. The van der Waals surface area contributed by atoms with Crippen LogP contribution in [0.1, 0.15) is 36.1 Å². The second-order valence-corrected chi connectivity index (χ2v) is 6.08. The van der Waals surface area contributed by atoms with Gasteiger partial charge in [0, 0.05) is 13.8 Å². The predicted octanol–water partition coefficient (Wildman–Crippen LogP) is 4.56. The Bertz CT molecular complexity index is 813. The molecule has 132 valence electrons. The summed E-state index contributed by atoms with van der Waals surface area (Å²) in [6.45, 7) is 10.3. The van der Waals surface area contributed by atoms with Gasteiger partial charge in [-0.3, -0.25) is 9.59 Å². The number of esters is 2. The quantitative estimate of drug-likeness (QED) is 0.602. The molecule has 0 aliphatic heterocycles. The highest BCUT2D eigenvalue weighted by molar-refractivity contribution is 5.71. The maximum Gasteiger partial charge on any atom is 0.308 e. The van der Waals surface area contributed by atoms with Gasteiger partial charge in [0.25, 0.3) is 0 Å². The van der Waals surface area contributed by atoms with Gasteiger partial charge in [-0.25, -0.2) is 0 Å². The van der Waals surface area contributed by atoms with E-state index in [4.69, 9.17) is 14.2 Å². The van der Waals surface area contributed by atoms with Gasteiger partial charge in [-0.05, 0) is 68.1 Å².